The van der Waals surface area contributed by atoms with Gasteiger partial charge in [0.05, 0.1) is 19.4 Å². The zero-order valence-corrected chi connectivity index (χ0v) is 19.3. The third kappa shape index (κ3) is 5.49. The Balaban J connectivity index is 1.54. The van der Waals surface area contributed by atoms with E-state index in [4.69, 9.17) is 9.47 Å². The third-order valence-corrected chi connectivity index (χ3v) is 5.64. The third-order valence-electron chi connectivity index (χ3n) is 5.64. The van der Waals surface area contributed by atoms with Crippen LogP contribution in [-0.4, -0.2) is 36.2 Å². The topological polar surface area (TPSA) is 66.6 Å². The highest BCUT2D eigenvalue weighted by molar-refractivity contribution is 5.89. The first-order valence-electron chi connectivity index (χ1n) is 11.2. The van der Waals surface area contributed by atoms with Crippen LogP contribution >= 0.6 is 0 Å². The van der Waals surface area contributed by atoms with Crippen molar-refractivity contribution in [3.8, 4) is 11.5 Å². The van der Waals surface area contributed by atoms with E-state index in [0.717, 1.165) is 33.5 Å². The molecular formula is C27H28FN3O3. The molecule has 3 aromatic carbocycles. The maximum atomic E-state index is 14.1. The van der Waals surface area contributed by atoms with Gasteiger partial charge in [-0.2, -0.15) is 0 Å². The molecule has 4 aromatic rings. The number of nitrogens with one attached hydrogen (secondary N) is 2. The molecule has 0 aliphatic carbocycles. The lowest BCUT2D eigenvalue weighted by molar-refractivity contribution is 0.209. The number of amides is 2. The normalized spacial score (nSPS) is 10.8. The van der Waals surface area contributed by atoms with E-state index in [1.54, 1.807) is 30.2 Å². The van der Waals surface area contributed by atoms with Crippen molar-refractivity contribution in [2.24, 2.45) is 0 Å². The Morgan fingerprint density at radius 2 is 1.82 bits per heavy atom. The van der Waals surface area contributed by atoms with Gasteiger partial charge in [0.25, 0.3) is 0 Å². The number of H-pyrrole nitrogens is 1. The number of nitrogens with zero attached hydrogens (tertiary/aromatic N) is 1. The average Bonchev–Trinajstić information content (AvgIpc) is 3.26. The SMILES string of the molecule is CCOc1ccc(CN(CCc2c[nH]c3ccc(OC)cc23)C(=O)Nc2ccccc2F)cc1. The number of anilines is 1. The molecule has 176 valence electrons. The highest BCUT2D eigenvalue weighted by Gasteiger charge is 2.17. The van der Waals surface area contributed by atoms with Gasteiger partial charge in [-0.15, -0.1) is 0 Å². The minimum Gasteiger partial charge on any atom is -0.497 e. The van der Waals surface area contributed by atoms with Gasteiger partial charge in [-0.3, -0.25) is 0 Å². The van der Waals surface area contributed by atoms with Crippen molar-refractivity contribution in [3.63, 3.8) is 0 Å². The smallest absolute Gasteiger partial charge is 0.322 e. The van der Waals surface area contributed by atoms with Crippen LogP contribution in [0.5, 0.6) is 11.5 Å². The second-order valence-corrected chi connectivity index (χ2v) is 7.88. The molecule has 0 aliphatic heterocycles. The summed E-state index contributed by atoms with van der Waals surface area (Å²) in [6.45, 7) is 3.34. The fraction of sp³-hybridized carbons (Fsp3) is 0.222. The quantitative estimate of drug-likeness (QED) is 0.322. The Labute approximate surface area is 198 Å². The molecule has 1 aromatic heterocycles. The van der Waals surface area contributed by atoms with Crippen LogP contribution in [-0.2, 0) is 13.0 Å². The van der Waals surface area contributed by atoms with Gasteiger partial charge in [-0.25, -0.2) is 9.18 Å². The van der Waals surface area contributed by atoms with Crippen LogP contribution in [0.25, 0.3) is 10.9 Å². The Kier molecular flexibility index (Phi) is 7.32. The van der Waals surface area contributed by atoms with Gasteiger partial charge < -0.3 is 24.7 Å². The lowest BCUT2D eigenvalue weighted by Gasteiger charge is -2.23. The zero-order valence-electron chi connectivity index (χ0n) is 19.3. The van der Waals surface area contributed by atoms with E-state index in [-0.39, 0.29) is 11.7 Å². The fourth-order valence-corrected chi connectivity index (χ4v) is 3.83. The Morgan fingerprint density at radius 3 is 2.56 bits per heavy atom. The minimum atomic E-state index is -0.472. The summed E-state index contributed by atoms with van der Waals surface area (Å²) in [5.41, 5.74) is 3.18. The van der Waals surface area contributed by atoms with Crippen molar-refractivity contribution in [2.75, 3.05) is 25.6 Å². The van der Waals surface area contributed by atoms with Crippen LogP contribution in [0, 0.1) is 5.82 Å². The first kappa shape index (κ1) is 23.2. The lowest BCUT2D eigenvalue weighted by Crippen LogP contribution is -2.36. The number of benzene rings is 3. The number of hydrogen-bond donors (Lipinski definition) is 2. The maximum absolute atomic E-state index is 14.1. The monoisotopic (exact) mass is 461 g/mol. The van der Waals surface area contributed by atoms with Crippen LogP contribution in [0.3, 0.4) is 0 Å². The highest BCUT2D eigenvalue weighted by atomic mass is 19.1. The second-order valence-electron chi connectivity index (χ2n) is 7.88. The van der Waals surface area contributed by atoms with Gasteiger partial charge in [-0.1, -0.05) is 24.3 Å². The summed E-state index contributed by atoms with van der Waals surface area (Å²) in [7, 11) is 1.64. The number of hydrogen-bond acceptors (Lipinski definition) is 3. The summed E-state index contributed by atoms with van der Waals surface area (Å²) in [6.07, 6.45) is 2.57. The maximum Gasteiger partial charge on any atom is 0.322 e. The summed E-state index contributed by atoms with van der Waals surface area (Å²) in [5, 5.41) is 3.76. The standard InChI is InChI=1S/C27H28FN3O3/c1-3-34-21-10-8-19(9-11-21)18-31(27(32)30-26-7-5-4-6-24(26)28)15-14-20-17-29-25-13-12-22(33-2)16-23(20)25/h4-13,16-17,29H,3,14-15,18H2,1-2H3,(H,30,32). The fourth-order valence-electron chi connectivity index (χ4n) is 3.83. The second kappa shape index (κ2) is 10.7. The molecule has 4 rings (SSSR count). The number of para-hydroxylation sites is 1. The van der Waals surface area contributed by atoms with Gasteiger partial charge in [0.2, 0.25) is 0 Å². The van der Waals surface area contributed by atoms with Gasteiger partial charge in [0, 0.05) is 30.2 Å². The number of ether oxygens (including phenoxy) is 2. The Bertz CT molecular complexity index is 1250. The molecule has 1 heterocycles. The largest absolute Gasteiger partial charge is 0.497 e. The van der Waals surface area contributed by atoms with E-state index in [1.807, 2.05) is 55.6 Å². The molecular weight excluding hydrogens is 433 g/mol. The van der Waals surface area contributed by atoms with Crippen LogP contribution in [0.15, 0.2) is 72.9 Å². The Hall–Kier alpha value is -4.00. The van der Waals surface area contributed by atoms with E-state index in [0.29, 0.717) is 26.1 Å². The summed E-state index contributed by atoms with van der Waals surface area (Å²) in [5.74, 6) is 1.08. The van der Waals surface area contributed by atoms with Crippen molar-refractivity contribution < 1.29 is 18.7 Å². The number of methoxy groups -OCH3 is 1. The molecule has 0 radical (unpaired) electrons. The summed E-state index contributed by atoms with van der Waals surface area (Å²) >= 11 is 0. The van der Waals surface area contributed by atoms with Gasteiger partial charge in [-0.05, 0) is 66.9 Å². The highest BCUT2D eigenvalue weighted by Crippen LogP contribution is 2.24. The van der Waals surface area contributed by atoms with Crippen LogP contribution in [0.1, 0.15) is 18.1 Å². The van der Waals surface area contributed by atoms with Gasteiger partial charge in [0.1, 0.15) is 17.3 Å². The van der Waals surface area contributed by atoms with Crippen molar-refractivity contribution >= 4 is 22.6 Å². The molecule has 0 saturated heterocycles. The number of halogens is 1. The predicted molar refractivity (Wildman–Crippen MR) is 132 cm³/mol. The van der Waals surface area contributed by atoms with Crippen molar-refractivity contribution in [1.29, 1.82) is 0 Å². The Morgan fingerprint density at radius 1 is 1.06 bits per heavy atom. The molecule has 0 fully saturated rings. The van der Waals surface area contributed by atoms with Crippen LogP contribution in [0.4, 0.5) is 14.9 Å². The molecule has 2 N–H and O–H groups in total. The number of rotatable bonds is 9. The summed E-state index contributed by atoms with van der Waals surface area (Å²) < 4.78 is 25.0. The predicted octanol–water partition coefficient (Wildman–Crippen LogP) is 5.99. The number of carbonyl (C=O) groups excluding carboxylic acids is 1. The molecule has 7 heteroatoms. The van der Waals surface area contributed by atoms with E-state index >= 15 is 0 Å². The number of urea groups is 1. The van der Waals surface area contributed by atoms with Gasteiger partial charge >= 0.3 is 6.03 Å². The first-order chi connectivity index (χ1) is 16.6. The van der Waals surface area contributed by atoms with Gasteiger partial charge in [0.15, 0.2) is 0 Å². The van der Waals surface area contributed by atoms with E-state index in [9.17, 15) is 9.18 Å². The molecule has 0 aliphatic rings. The molecule has 0 unspecified atom stereocenters. The average molecular weight is 462 g/mol. The van der Waals surface area contributed by atoms with Crippen LogP contribution in [0.2, 0.25) is 0 Å². The molecule has 34 heavy (non-hydrogen) atoms. The lowest BCUT2D eigenvalue weighted by atomic mass is 10.1. The van der Waals surface area contributed by atoms with Crippen LogP contribution < -0.4 is 14.8 Å². The van der Waals surface area contributed by atoms with E-state index in [2.05, 4.69) is 10.3 Å². The number of fused-ring (bicyclic) bond motifs is 1. The van der Waals surface area contributed by atoms with Crippen molar-refractivity contribution in [3.05, 3.63) is 89.9 Å². The molecule has 0 atom stereocenters. The molecule has 0 saturated carbocycles. The van der Waals surface area contributed by atoms with E-state index < -0.39 is 5.82 Å². The summed E-state index contributed by atoms with van der Waals surface area (Å²) in [4.78, 5) is 18.1. The summed E-state index contributed by atoms with van der Waals surface area (Å²) in [6, 6.07) is 19.3. The molecule has 0 spiro atoms. The molecule has 2 amide bonds. The minimum absolute atomic E-state index is 0.154. The number of aromatic nitrogens is 1. The zero-order chi connectivity index (χ0) is 23.9. The first-order valence-corrected chi connectivity index (χ1v) is 11.2. The number of carbonyl (C=O) groups is 1. The van der Waals surface area contributed by atoms with Crippen molar-refractivity contribution in [2.45, 2.75) is 19.9 Å². The molecule has 6 nitrogen and oxygen atoms in total. The van der Waals surface area contributed by atoms with E-state index in [1.165, 1.54) is 6.07 Å². The number of aromatic amines is 1. The molecule has 0 bridgehead atoms. The van der Waals surface area contributed by atoms with Crippen molar-refractivity contribution in [1.82, 2.24) is 9.88 Å².